The van der Waals surface area contributed by atoms with Gasteiger partial charge in [-0.25, -0.2) is 8.42 Å². The normalized spacial score (nSPS) is 18.1. The fourth-order valence-corrected chi connectivity index (χ4v) is 4.06. The standard InChI is InChI=1S/C12H17ClN2O2S.ClH/c1-9-8-10(13)2-3-12(9)18(16,17)15-6-4-11(14)5-7-15;/h2-3,8,11H,4-7,14H2,1H3;1H. The highest BCUT2D eigenvalue weighted by atomic mass is 35.5. The summed E-state index contributed by atoms with van der Waals surface area (Å²) in [4.78, 5) is 0.336. The summed E-state index contributed by atoms with van der Waals surface area (Å²) in [6, 6.07) is 4.96. The lowest BCUT2D eigenvalue weighted by molar-refractivity contribution is 0.320. The summed E-state index contributed by atoms with van der Waals surface area (Å²) in [6.07, 6.45) is 1.43. The summed E-state index contributed by atoms with van der Waals surface area (Å²) in [5, 5.41) is 0.548. The average molecular weight is 325 g/mol. The van der Waals surface area contributed by atoms with Gasteiger partial charge in [-0.05, 0) is 43.5 Å². The molecule has 1 saturated heterocycles. The molecule has 0 amide bonds. The van der Waals surface area contributed by atoms with Crippen molar-refractivity contribution in [3.63, 3.8) is 0 Å². The number of hydrogen-bond acceptors (Lipinski definition) is 3. The van der Waals surface area contributed by atoms with Crippen molar-refractivity contribution in [3.05, 3.63) is 28.8 Å². The number of piperidine rings is 1. The molecular formula is C12H18Cl2N2O2S. The number of nitrogens with zero attached hydrogens (tertiary/aromatic N) is 1. The van der Waals surface area contributed by atoms with Crippen LogP contribution in [0.25, 0.3) is 0 Å². The maximum atomic E-state index is 12.5. The minimum atomic E-state index is -3.41. The third-order valence-corrected chi connectivity index (χ3v) is 5.55. The Balaban J connectivity index is 0.00000180. The number of sulfonamides is 1. The summed E-state index contributed by atoms with van der Waals surface area (Å²) < 4.78 is 26.4. The van der Waals surface area contributed by atoms with Crippen LogP contribution in [-0.4, -0.2) is 31.9 Å². The summed E-state index contributed by atoms with van der Waals surface area (Å²) in [7, 11) is -3.41. The number of aryl methyl sites for hydroxylation is 1. The molecule has 1 aliphatic heterocycles. The van der Waals surface area contributed by atoms with Gasteiger partial charge in [0.25, 0.3) is 0 Å². The number of benzene rings is 1. The quantitative estimate of drug-likeness (QED) is 0.906. The predicted octanol–water partition coefficient (Wildman–Crippen LogP) is 2.18. The van der Waals surface area contributed by atoms with Crippen molar-refractivity contribution in [2.24, 2.45) is 5.73 Å². The molecule has 0 unspecified atom stereocenters. The second kappa shape index (κ2) is 6.41. The van der Waals surface area contributed by atoms with Crippen molar-refractivity contribution in [2.45, 2.75) is 30.7 Å². The first-order valence-corrected chi connectivity index (χ1v) is 7.75. The van der Waals surface area contributed by atoms with E-state index in [1.54, 1.807) is 25.1 Å². The van der Waals surface area contributed by atoms with E-state index in [-0.39, 0.29) is 18.4 Å². The Bertz CT molecular complexity index is 541. The van der Waals surface area contributed by atoms with Crippen LogP contribution in [0.15, 0.2) is 23.1 Å². The molecule has 1 fully saturated rings. The van der Waals surface area contributed by atoms with E-state index in [1.165, 1.54) is 4.31 Å². The maximum absolute atomic E-state index is 12.5. The van der Waals surface area contributed by atoms with Gasteiger partial charge in [-0.2, -0.15) is 4.31 Å². The van der Waals surface area contributed by atoms with E-state index < -0.39 is 10.0 Å². The molecule has 2 rings (SSSR count). The van der Waals surface area contributed by atoms with Gasteiger partial charge < -0.3 is 5.73 Å². The molecular weight excluding hydrogens is 307 g/mol. The molecule has 1 aromatic carbocycles. The summed E-state index contributed by atoms with van der Waals surface area (Å²) >= 11 is 5.85. The first-order valence-electron chi connectivity index (χ1n) is 5.93. The zero-order valence-corrected chi connectivity index (χ0v) is 13.1. The van der Waals surface area contributed by atoms with Crippen LogP contribution in [0, 0.1) is 6.92 Å². The highest BCUT2D eigenvalue weighted by Gasteiger charge is 2.29. The molecule has 0 radical (unpaired) electrons. The van der Waals surface area contributed by atoms with Crippen molar-refractivity contribution in [1.29, 1.82) is 0 Å². The summed E-state index contributed by atoms with van der Waals surface area (Å²) in [5.74, 6) is 0. The lowest BCUT2D eigenvalue weighted by Crippen LogP contribution is -2.42. The van der Waals surface area contributed by atoms with Crippen LogP contribution in [0.1, 0.15) is 18.4 Å². The first kappa shape index (κ1) is 16.7. The number of hydrogen-bond donors (Lipinski definition) is 1. The molecule has 108 valence electrons. The topological polar surface area (TPSA) is 63.4 Å². The van der Waals surface area contributed by atoms with Gasteiger partial charge in [0.1, 0.15) is 0 Å². The molecule has 0 atom stereocenters. The van der Waals surface area contributed by atoms with Gasteiger partial charge in [0.05, 0.1) is 4.90 Å². The molecule has 19 heavy (non-hydrogen) atoms. The van der Waals surface area contributed by atoms with E-state index in [4.69, 9.17) is 17.3 Å². The lowest BCUT2D eigenvalue weighted by atomic mass is 10.1. The Kier molecular flexibility index (Phi) is 5.65. The van der Waals surface area contributed by atoms with Gasteiger partial charge in [-0.1, -0.05) is 11.6 Å². The van der Waals surface area contributed by atoms with Crippen LogP contribution in [0.4, 0.5) is 0 Å². The maximum Gasteiger partial charge on any atom is 0.243 e. The second-order valence-corrected chi connectivity index (χ2v) is 6.99. The Morgan fingerprint density at radius 3 is 2.42 bits per heavy atom. The van der Waals surface area contributed by atoms with Crippen LogP contribution in [0.5, 0.6) is 0 Å². The Hall–Kier alpha value is -0.330. The molecule has 0 saturated carbocycles. The van der Waals surface area contributed by atoms with Crippen LogP contribution >= 0.6 is 24.0 Å². The molecule has 0 aliphatic carbocycles. The van der Waals surface area contributed by atoms with Crippen molar-refractivity contribution in [1.82, 2.24) is 4.31 Å². The zero-order valence-electron chi connectivity index (χ0n) is 10.7. The zero-order chi connectivity index (χ0) is 13.3. The molecule has 1 heterocycles. The SMILES string of the molecule is Cc1cc(Cl)ccc1S(=O)(=O)N1CCC(N)CC1.Cl. The van der Waals surface area contributed by atoms with Crippen molar-refractivity contribution < 1.29 is 8.42 Å². The smallest absolute Gasteiger partial charge is 0.243 e. The van der Waals surface area contributed by atoms with Crippen LogP contribution < -0.4 is 5.73 Å². The Morgan fingerprint density at radius 2 is 1.89 bits per heavy atom. The van der Waals surface area contributed by atoms with Gasteiger partial charge in [-0.3, -0.25) is 0 Å². The van der Waals surface area contributed by atoms with Crippen LogP contribution in [0.3, 0.4) is 0 Å². The van der Waals surface area contributed by atoms with E-state index >= 15 is 0 Å². The van der Waals surface area contributed by atoms with Crippen molar-refractivity contribution >= 4 is 34.0 Å². The molecule has 1 aliphatic rings. The molecule has 0 bridgehead atoms. The number of nitrogens with two attached hydrogens (primary N) is 1. The first-order chi connectivity index (χ1) is 8.41. The molecule has 4 nitrogen and oxygen atoms in total. The highest BCUT2D eigenvalue weighted by Crippen LogP contribution is 2.25. The monoisotopic (exact) mass is 324 g/mol. The van der Waals surface area contributed by atoms with Gasteiger partial charge in [0.2, 0.25) is 10.0 Å². The fraction of sp³-hybridized carbons (Fsp3) is 0.500. The van der Waals surface area contributed by atoms with Gasteiger partial charge in [0, 0.05) is 24.2 Å². The van der Waals surface area contributed by atoms with Gasteiger partial charge in [-0.15, -0.1) is 12.4 Å². The minimum absolute atomic E-state index is 0. The molecule has 7 heteroatoms. The fourth-order valence-electron chi connectivity index (χ4n) is 2.16. The predicted molar refractivity (Wildman–Crippen MR) is 79.4 cm³/mol. The average Bonchev–Trinajstić information content (AvgIpc) is 2.29. The number of halogens is 2. The van der Waals surface area contributed by atoms with E-state index in [9.17, 15) is 8.42 Å². The number of rotatable bonds is 2. The van der Waals surface area contributed by atoms with Gasteiger partial charge in [0.15, 0.2) is 0 Å². The Morgan fingerprint density at radius 1 is 1.32 bits per heavy atom. The summed E-state index contributed by atoms with van der Waals surface area (Å²) in [5.41, 5.74) is 6.47. The lowest BCUT2D eigenvalue weighted by Gasteiger charge is -2.29. The van der Waals surface area contributed by atoms with Crippen molar-refractivity contribution in [3.8, 4) is 0 Å². The Labute approximate surface area is 125 Å². The van der Waals surface area contributed by atoms with E-state index in [0.717, 1.165) is 0 Å². The van der Waals surface area contributed by atoms with E-state index in [0.29, 0.717) is 41.4 Å². The molecule has 1 aromatic rings. The summed E-state index contributed by atoms with van der Waals surface area (Å²) in [6.45, 7) is 2.74. The minimum Gasteiger partial charge on any atom is -0.328 e. The van der Waals surface area contributed by atoms with Crippen molar-refractivity contribution in [2.75, 3.05) is 13.1 Å². The third kappa shape index (κ3) is 3.61. The largest absolute Gasteiger partial charge is 0.328 e. The molecule has 0 spiro atoms. The van der Waals surface area contributed by atoms with E-state index in [1.807, 2.05) is 0 Å². The molecule has 0 aromatic heterocycles. The van der Waals surface area contributed by atoms with E-state index in [2.05, 4.69) is 0 Å². The van der Waals surface area contributed by atoms with Gasteiger partial charge >= 0.3 is 0 Å². The third-order valence-electron chi connectivity index (χ3n) is 3.25. The van der Waals surface area contributed by atoms with Crippen LogP contribution in [-0.2, 0) is 10.0 Å². The highest BCUT2D eigenvalue weighted by molar-refractivity contribution is 7.89. The van der Waals surface area contributed by atoms with Crippen LogP contribution in [0.2, 0.25) is 5.02 Å². The second-order valence-electron chi connectivity index (χ2n) is 4.65. The molecule has 2 N–H and O–H groups in total.